The Hall–Kier alpha value is -0.800. The molecule has 1 fully saturated rings. The van der Waals surface area contributed by atoms with E-state index < -0.39 is 11.7 Å². The first-order valence-electron chi connectivity index (χ1n) is 6.14. The molecule has 1 aromatic heterocycles. The number of ether oxygens (including phenoxy) is 1. The number of rotatable bonds is 4. The SMILES string of the molecule is CCOC1(C(O)c2ccco2)CCCCC1. The highest BCUT2D eigenvalue weighted by atomic mass is 16.5. The third-order valence-corrected chi connectivity index (χ3v) is 3.44. The minimum atomic E-state index is -0.636. The summed E-state index contributed by atoms with van der Waals surface area (Å²) in [7, 11) is 0. The van der Waals surface area contributed by atoms with Gasteiger partial charge >= 0.3 is 0 Å². The number of hydrogen-bond acceptors (Lipinski definition) is 3. The fourth-order valence-corrected chi connectivity index (χ4v) is 2.64. The Kier molecular flexibility index (Phi) is 3.66. The van der Waals surface area contributed by atoms with Gasteiger partial charge in [0.25, 0.3) is 0 Å². The smallest absolute Gasteiger partial charge is 0.140 e. The van der Waals surface area contributed by atoms with Crippen LogP contribution in [0.2, 0.25) is 0 Å². The van der Waals surface area contributed by atoms with E-state index in [4.69, 9.17) is 9.15 Å². The maximum Gasteiger partial charge on any atom is 0.140 e. The van der Waals surface area contributed by atoms with Crippen LogP contribution in [0, 0.1) is 0 Å². The van der Waals surface area contributed by atoms with E-state index in [0.717, 1.165) is 25.7 Å². The molecule has 0 aliphatic heterocycles. The Morgan fingerprint density at radius 1 is 1.44 bits per heavy atom. The topological polar surface area (TPSA) is 42.6 Å². The lowest BCUT2D eigenvalue weighted by atomic mass is 9.79. The monoisotopic (exact) mass is 224 g/mol. The van der Waals surface area contributed by atoms with Crippen LogP contribution >= 0.6 is 0 Å². The van der Waals surface area contributed by atoms with Crippen LogP contribution in [0.3, 0.4) is 0 Å². The number of aliphatic hydroxyl groups excluding tert-OH is 1. The molecular weight excluding hydrogens is 204 g/mol. The van der Waals surface area contributed by atoms with Gasteiger partial charge in [0.15, 0.2) is 0 Å². The standard InChI is InChI=1S/C13H20O3/c1-2-16-13(8-4-3-5-9-13)12(14)11-7-6-10-15-11/h6-7,10,12,14H,2-5,8-9H2,1H3. The summed E-state index contributed by atoms with van der Waals surface area (Å²) in [5, 5.41) is 10.4. The third-order valence-electron chi connectivity index (χ3n) is 3.44. The second-order valence-electron chi connectivity index (χ2n) is 4.48. The molecule has 1 atom stereocenters. The highest BCUT2D eigenvalue weighted by Gasteiger charge is 2.41. The van der Waals surface area contributed by atoms with Crippen LogP contribution in [0.15, 0.2) is 22.8 Å². The molecule has 0 radical (unpaired) electrons. The molecule has 0 bridgehead atoms. The predicted octanol–water partition coefficient (Wildman–Crippen LogP) is 3.05. The molecule has 0 saturated heterocycles. The van der Waals surface area contributed by atoms with Gasteiger partial charge in [0.2, 0.25) is 0 Å². The molecule has 3 nitrogen and oxygen atoms in total. The Bertz CT molecular complexity index is 293. The van der Waals surface area contributed by atoms with Crippen molar-refractivity contribution in [1.29, 1.82) is 0 Å². The van der Waals surface area contributed by atoms with Gasteiger partial charge in [0.1, 0.15) is 17.5 Å². The van der Waals surface area contributed by atoms with Crippen molar-refractivity contribution < 1.29 is 14.3 Å². The molecule has 0 aromatic carbocycles. The van der Waals surface area contributed by atoms with Gasteiger partial charge in [-0.3, -0.25) is 0 Å². The van der Waals surface area contributed by atoms with Crippen molar-refractivity contribution in [3.63, 3.8) is 0 Å². The minimum Gasteiger partial charge on any atom is -0.466 e. The summed E-state index contributed by atoms with van der Waals surface area (Å²) in [5.41, 5.74) is -0.426. The molecule has 2 rings (SSSR count). The van der Waals surface area contributed by atoms with E-state index in [9.17, 15) is 5.11 Å². The summed E-state index contributed by atoms with van der Waals surface area (Å²) in [6.07, 6.45) is 6.28. The highest BCUT2D eigenvalue weighted by molar-refractivity contribution is 5.09. The van der Waals surface area contributed by atoms with Crippen molar-refractivity contribution in [3.05, 3.63) is 24.2 Å². The van der Waals surface area contributed by atoms with E-state index in [0.29, 0.717) is 12.4 Å². The van der Waals surface area contributed by atoms with Gasteiger partial charge in [-0.05, 0) is 31.9 Å². The van der Waals surface area contributed by atoms with Crippen LogP contribution in [0.5, 0.6) is 0 Å². The zero-order valence-electron chi connectivity index (χ0n) is 9.82. The van der Waals surface area contributed by atoms with Crippen LogP contribution in [0.25, 0.3) is 0 Å². The van der Waals surface area contributed by atoms with Crippen LogP contribution in [-0.4, -0.2) is 17.3 Å². The van der Waals surface area contributed by atoms with Crippen molar-refractivity contribution >= 4 is 0 Å². The molecule has 1 aromatic rings. The van der Waals surface area contributed by atoms with Gasteiger partial charge in [-0.1, -0.05) is 19.3 Å². The van der Waals surface area contributed by atoms with E-state index in [1.54, 1.807) is 12.3 Å². The molecule has 1 N–H and O–H groups in total. The van der Waals surface area contributed by atoms with E-state index >= 15 is 0 Å². The second-order valence-corrected chi connectivity index (χ2v) is 4.48. The Labute approximate surface area is 96.4 Å². The largest absolute Gasteiger partial charge is 0.466 e. The predicted molar refractivity (Wildman–Crippen MR) is 61.1 cm³/mol. The summed E-state index contributed by atoms with van der Waals surface area (Å²) in [6.45, 7) is 2.61. The van der Waals surface area contributed by atoms with Crippen molar-refractivity contribution in [1.82, 2.24) is 0 Å². The van der Waals surface area contributed by atoms with E-state index in [1.807, 2.05) is 13.0 Å². The van der Waals surface area contributed by atoms with E-state index in [-0.39, 0.29) is 0 Å². The summed E-state index contributed by atoms with van der Waals surface area (Å²) in [5.74, 6) is 0.621. The molecule has 1 aliphatic carbocycles. The first-order valence-corrected chi connectivity index (χ1v) is 6.14. The van der Waals surface area contributed by atoms with Gasteiger partial charge < -0.3 is 14.3 Å². The van der Waals surface area contributed by atoms with Gasteiger partial charge in [-0.15, -0.1) is 0 Å². The second kappa shape index (κ2) is 5.02. The molecular formula is C13H20O3. The van der Waals surface area contributed by atoms with E-state index in [2.05, 4.69) is 0 Å². The fourth-order valence-electron chi connectivity index (χ4n) is 2.64. The van der Waals surface area contributed by atoms with E-state index in [1.165, 1.54) is 6.42 Å². The van der Waals surface area contributed by atoms with Crippen LogP contribution in [-0.2, 0) is 4.74 Å². The lowest BCUT2D eigenvalue weighted by Crippen LogP contribution is -2.41. The lowest BCUT2D eigenvalue weighted by Gasteiger charge is -2.39. The quantitative estimate of drug-likeness (QED) is 0.854. The summed E-state index contributed by atoms with van der Waals surface area (Å²) in [4.78, 5) is 0. The maximum atomic E-state index is 10.4. The third kappa shape index (κ3) is 2.15. The van der Waals surface area contributed by atoms with Crippen LogP contribution in [0.1, 0.15) is 50.9 Å². The summed E-state index contributed by atoms with van der Waals surface area (Å²) >= 11 is 0. The van der Waals surface area contributed by atoms with Crippen LogP contribution in [0.4, 0.5) is 0 Å². The van der Waals surface area contributed by atoms with Gasteiger partial charge in [-0.2, -0.15) is 0 Å². The zero-order valence-corrected chi connectivity index (χ0v) is 9.82. The molecule has 90 valence electrons. The maximum absolute atomic E-state index is 10.4. The molecule has 1 unspecified atom stereocenters. The number of hydrogen-bond donors (Lipinski definition) is 1. The average Bonchev–Trinajstić information content (AvgIpc) is 2.83. The number of aliphatic hydroxyl groups is 1. The summed E-state index contributed by atoms with van der Waals surface area (Å²) in [6, 6.07) is 3.63. The van der Waals surface area contributed by atoms with Gasteiger partial charge in [-0.25, -0.2) is 0 Å². The van der Waals surface area contributed by atoms with Gasteiger partial charge in [0.05, 0.1) is 6.26 Å². The molecule has 3 heteroatoms. The first kappa shape index (κ1) is 11.7. The molecule has 1 heterocycles. The van der Waals surface area contributed by atoms with Crippen molar-refractivity contribution in [3.8, 4) is 0 Å². The lowest BCUT2D eigenvalue weighted by molar-refractivity contribution is -0.147. The Morgan fingerprint density at radius 2 is 2.19 bits per heavy atom. The van der Waals surface area contributed by atoms with Crippen molar-refractivity contribution in [2.75, 3.05) is 6.61 Å². The van der Waals surface area contributed by atoms with Crippen LogP contribution < -0.4 is 0 Å². The molecule has 16 heavy (non-hydrogen) atoms. The first-order chi connectivity index (χ1) is 7.78. The Morgan fingerprint density at radius 3 is 2.75 bits per heavy atom. The molecule has 0 amide bonds. The fraction of sp³-hybridized carbons (Fsp3) is 0.692. The highest BCUT2D eigenvalue weighted by Crippen LogP contribution is 2.41. The molecule has 0 spiro atoms. The minimum absolute atomic E-state index is 0.426. The van der Waals surface area contributed by atoms with Crippen molar-refractivity contribution in [2.45, 2.75) is 50.7 Å². The Balaban J connectivity index is 2.17. The number of furan rings is 1. The van der Waals surface area contributed by atoms with Gasteiger partial charge in [0, 0.05) is 6.61 Å². The summed E-state index contributed by atoms with van der Waals surface area (Å²) < 4.78 is 11.1. The normalized spacial score (nSPS) is 21.9. The molecule has 1 saturated carbocycles. The van der Waals surface area contributed by atoms with Crippen molar-refractivity contribution in [2.24, 2.45) is 0 Å². The zero-order chi connectivity index (χ0) is 11.4. The molecule has 1 aliphatic rings. The average molecular weight is 224 g/mol.